The second-order valence-corrected chi connectivity index (χ2v) is 9.88. The van der Waals surface area contributed by atoms with Gasteiger partial charge in [0.1, 0.15) is 12.4 Å². The van der Waals surface area contributed by atoms with E-state index in [9.17, 15) is 14.4 Å². The van der Waals surface area contributed by atoms with Crippen molar-refractivity contribution in [2.75, 3.05) is 5.32 Å². The van der Waals surface area contributed by atoms with Gasteiger partial charge in [0.15, 0.2) is 0 Å². The standard InChI is InChI=1S/C29H29BrN4O4/c30-22-16-14-20(15-17-22)19-38-26-13-7-4-8-21(26)18-31-34-29(37)28(36)33-25-12-6-5-11-24(25)27(35)32-23-9-2-1-3-10-23/h4-8,11-18,23H,1-3,9-10,19H2,(H,32,35)(H,33,36)(H,34,37)/b31-18-. The summed E-state index contributed by atoms with van der Waals surface area (Å²) in [6, 6.07) is 21.8. The molecular formula is C29H29BrN4O4. The lowest BCUT2D eigenvalue weighted by molar-refractivity contribution is -0.136. The Kier molecular flexibility index (Phi) is 9.64. The average molecular weight is 577 g/mol. The van der Waals surface area contributed by atoms with Gasteiger partial charge in [-0.2, -0.15) is 5.10 Å². The van der Waals surface area contributed by atoms with E-state index in [-0.39, 0.29) is 17.6 Å². The van der Waals surface area contributed by atoms with Crippen molar-refractivity contribution < 1.29 is 19.1 Å². The van der Waals surface area contributed by atoms with Gasteiger partial charge in [-0.3, -0.25) is 14.4 Å². The number of para-hydroxylation sites is 2. The predicted molar refractivity (Wildman–Crippen MR) is 150 cm³/mol. The predicted octanol–water partition coefficient (Wildman–Crippen LogP) is 5.18. The normalized spacial score (nSPS) is 13.6. The zero-order chi connectivity index (χ0) is 26.7. The van der Waals surface area contributed by atoms with E-state index >= 15 is 0 Å². The monoisotopic (exact) mass is 576 g/mol. The number of hydrogen-bond donors (Lipinski definition) is 3. The second-order valence-electron chi connectivity index (χ2n) is 8.96. The van der Waals surface area contributed by atoms with Gasteiger partial charge in [-0.05, 0) is 54.8 Å². The largest absolute Gasteiger partial charge is 0.488 e. The molecule has 0 unspecified atom stereocenters. The van der Waals surface area contributed by atoms with Crippen LogP contribution in [0.1, 0.15) is 53.6 Å². The Morgan fingerprint density at radius 2 is 1.61 bits per heavy atom. The van der Waals surface area contributed by atoms with Crippen molar-refractivity contribution in [1.82, 2.24) is 10.7 Å². The fourth-order valence-corrected chi connectivity index (χ4v) is 4.42. The average Bonchev–Trinajstić information content (AvgIpc) is 2.94. The number of nitrogens with one attached hydrogen (secondary N) is 3. The molecule has 0 bridgehead atoms. The lowest BCUT2D eigenvalue weighted by Crippen LogP contribution is -2.37. The van der Waals surface area contributed by atoms with Gasteiger partial charge in [-0.1, -0.05) is 71.6 Å². The molecule has 4 rings (SSSR count). The van der Waals surface area contributed by atoms with E-state index in [1.807, 2.05) is 36.4 Å². The minimum atomic E-state index is -0.961. The Labute approximate surface area is 230 Å². The van der Waals surface area contributed by atoms with E-state index in [1.54, 1.807) is 36.4 Å². The number of ether oxygens (including phenoxy) is 1. The van der Waals surface area contributed by atoms with Crippen LogP contribution in [0.2, 0.25) is 0 Å². The zero-order valence-corrected chi connectivity index (χ0v) is 22.4. The fraction of sp³-hybridized carbons (Fsp3) is 0.241. The number of hydrazone groups is 1. The third-order valence-electron chi connectivity index (χ3n) is 6.16. The van der Waals surface area contributed by atoms with E-state index in [1.165, 1.54) is 12.6 Å². The Bertz CT molecular complexity index is 1300. The first kappa shape index (κ1) is 27.1. The third kappa shape index (κ3) is 7.76. The quantitative estimate of drug-likeness (QED) is 0.195. The molecule has 0 radical (unpaired) electrons. The number of hydrogen-bond acceptors (Lipinski definition) is 5. The van der Waals surface area contributed by atoms with E-state index in [4.69, 9.17) is 4.74 Å². The summed E-state index contributed by atoms with van der Waals surface area (Å²) in [5.74, 6) is -1.58. The first-order valence-electron chi connectivity index (χ1n) is 12.5. The molecule has 3 N–H and O–H groups in total. The molecule has 0 saturated heterocycles. The van der Waals surface area contributed by atoms with Gasteiger partial charge in [0.2, 0.25) is 0 Å². The smallest absolute Gasteiger partial charge is 0.329 e. The van der Waals surface area contributed by atoms with Crippen molar-refractivity contribution in [2.24, 2.45) is 5.10 Å². The fourth-order valence-electron chi connectivity index (χ4n) is 4.15. The van der Waals surface area contributed by atoms with Gasteiger partial charge in [0, 0.05) is 16.1 Å². The number of benzene rings is 3. The molecule has 38 heavy (non-hydrogen) atoms. The summed E-state index contributed by atoms with van der Waals surface area (Å²) in [4.78, 5) is 37.7. The van der Waals surface area contributed by atoms with Crippen LogP contribution in [0, 0.1) is 0 Å². The van der Waals surface area contributed by atoms with E-state index < -0.39 is 11.8 Å². The van der Waals surface area contributed by atoms with Gasteiger partial charge in [0.05, 0.1) is 17.5 Å². The minimum absolute atomic E-state index is 0.124. The topological polar surface area (TPSA) is 109 Å². The summed E-state index contributed by atoms with van der Waals surface area (Å²) in [7, 11) is 0. The Balaban J connectivity index is 1.33. The summed E-state index contributed by atoms with van der Waals surface area (Å²) in [6.07, 6.45) is 6.66. The molecule has 3 amide bonds. The van der Waals surface area contributed by atoms with Crippen LogP contribution in [-0.2, 0) is 16.2 Å². The first-order valence-corrected chi connectivity index (χ1v) is 13.3. The van der Waals surface area contributed by atoms with Crippen LogP contribution in [0.15, 0.2) is 82.4 Å². The number of carbonyl (C=O) groups is 3. The number of amides is 3. The highest BCUT2D eigenvalue weighted by atomic mass is 79.9. The highest BCUT2D eigenvalue weighted by molar-refractivity contribution is 9.10. The Morgan fingerprint density at radius 1 is 0.895 bits per heavy atom. The SMILES string of the molecule is O=C(N/N=C\c1ccccc1OCc1ccc(Br)cc1)C(=O)Nc1ccccc1C(=O)NC1CCCCC1. The van der Waals surface area contributed by atoms with Gasteiger partial charge in [-0.15, -0.1) is 0 Å². The van der Waals surface area contributed by atoms with E-state index in [0.29, 0.717) is 23.5 Å². The van der Waals surface area contributed by atoms with Crippen LogP contribution in [0.4, 0.5) is 5.69 Å². The maximum Gasteiger partial charge on any atom is 0.329 e. The summed E-state index contributed by atoms with van der Waals surface area (Å²) < 4.78 is 6.89. The van der Waals surface area contributed by atoms with Crippen molar-refractivity contribution in [3.05, 3.63) is 94.0 Å². The van der Waals surface area contributed by atoms with Gasteiger partial charge < -0.3 is 15.4 Å². The number of rotatable bonds is 8. The summed E-state index contributed by atoms with van der Waals surface area (Å²) >= 11 is 3.41. The Morgan fingerprint density at radius 3 is 2.39 bits per heavy atom. The van der Waals surface area contributed by atoms with Crippen LogP contribution in [-0.4, -0.2) is 30.0 Å². The molecule has 1 aliphatic carbocycles. The first-order chi connectivity index (χ1) is 18.5. The molecule has 0 aliphatic heterocycles. The summed E-state index contributed by atoms with van der Waals surface area (Å²) in [6.45, 7) is 0.362. The molecule has 0 spiro atoms. The molecule has 0 heterocycles. The number of carbonyl (C=O) groups excluding carboxylic acids is 3. The number of nitrogens with zero attached hydrogens (tertiary/aromatic N) is 1. The second kappa shape index (κ2) is 13.5. The Hall–Kier alpha value is -3.98. The highest BCUT2D eigenvalue weighted by Crippen LogP contribution is 2.21. The molecule has 8 nitrogen and oxygen atoms in total. The molecule has 1 aliphatic rings. The molecule has 3 aromatic carbocycles. The van der Waals surface area contributed by atoms with E-state index in [0.717, 1.165) is 35.7 Å². The molecule has 9 heteroatoms. The maximum absolute atomic E-state index is 12.8. The van der Waals surface area contributed by atoms with Crippen molar-refractivity contribution in [1.29, 1.82) is 0 Å². The summed E-state index contributed by atoms with van der Waals surface area (Å²) in [5.41, 5.74) is 4.43. The van der Waals surface area contributed by atoms with Crippen molar-refractivity contribution in [3.8, 4) is 5.75 Å². The molecule has 0 aromatic heterocycles. The van der Waals surface area contributed by atoms with Crippen molar-refractivity contribution in [3.63, 3.8) is 0 Å². The lowest BCUT2D eigenvalue weighted by atomic mass is 9.95. The molecular weight excluding hydrogens is 548 g/mol. The molecule has 196 valence electrons. The molecule has 0 atom stereocenters. The van der Waals surface area contributed by atoms with Gasteiger partial charge in [0.25, 0.3) is 5.91 Å². The van der Waals surface area contributed by atoms with E-state index in [2.05, 4.69) is 37.1 Å². The van der Waals surface area contributed by atoms with Gasteiger partial charge >= 0.3 is 11.8 Å². The van der Waals surface area contributed by atoms with Crippen LogP contribution >= 0.6 is 15.9 Å². The molecule has 1 saturated carbocycles. The zero-order valence-electron chi connectivity index (χ0n) is 20.8. The highest BCUT2D eigenvalue weighted by Gasteiger charge is 2.21. The van der Waals surface area contributed by atoms with Crippen LogP contribution in [0.5, 0.6) is 5.75 Å². The van der Waals surface area contributed by atoms with Crippen molar-refractivity contribution in [2.45, 2.75) is 44.8 Å². The van der Waals surface area contributed by atoms with Crippen LogP contribution in [0.3, 0.4) is 0 Å². The number of anilines is 1. The third-order valence-corrected chi connectivity index (χ3v) is 6.69. The van der Waals surface area contributed by atoms with Crippen LogP contribution in [0.25, 0.3) is 0 Å². The minimum Gasteiger partial charge on any atom is -0.488 e. The maximum atomic E-state index is 12.8. The van der Waals surface area contributed by atoms with Crippen LogP contribution < -0.4 is 20.8 Å². The lowest BCUT2D eigenvalue weighted by Gasteiger charge is -2.23. The number of halogens is 1. The summed E-state index contributed by atoms with van der Waals surface area (Å²) in [5, 5.41) is 9.46. The molecule has 3 aromatic rings. The molecule has 1 fully saturated rings. The van der Waals surface area contributed by atoms with Crippen molar-refractivity contribution >= 4 is 45.6 Å². The van der Waals surface area contributed by atoms with Gasteiger partial charge in [-0.25, -0.2) is 5.43 Å².